The zero-order chi connectivity index (χ0) is 16.8. The van der Waals surface area contributed by atoms with Crippen LogP contribution in [0.1, 0.15) is 45.6 Å². The van der Waals surface area contributed by atoms with Gasteiger partial charge in [-0.15, -0.1) is 0 Å². The summed E-state index contributed by atoms with van der Waals surface area (Å²) in [5.41, 5.74) is 1.66. The van der Waals surface area contributed by atoms with E-state index in [0.29, 0.717) is 40.8 Å². The summed E-state index contributed by atoms with van der Waals surface area (Å²) < 4.78 is 1.67. The van der Waals surface area contributed by atoms with Gasteiger partial charge in [0, 0.05) is 18.3 Å². The Balaban J connectivity index is 2.37. The van der Waals surface area contributed by atoms with Gasteiger partial charge in [-0.05, 0) is 12.3 Å². The van der Waals surface area contributed by atoms with Gasteiger partial charge in [-0.25, -0.2) is 9.78 Å². The molecule has 0 saturated carbocycles. The molecule has 0 aliphatic rings. The highest BCUT2D eigenvalue weighted by molar-refractivity contribution is 6.34. The normalized spacial score (nSPS) is 11.9. The molecule has 0 aromatic carbocycles. The molecule has 0 radical (unpaired) electrons. The largest absolute Gasteiger partial charge is 0.396 e. The SMILES string of the molecule is CCCCCn1c(=O)[nH]c2ncc(Cl)c(/C=N/OCC(C)C)c21. The van der Waals surface area contributed by atoms with Crippen molar-refractivity contribution in [2.24, 2.45) is 11.1 Å². The van der Waals surface area contributed by atoms with Crippen LogP contribution in [0.25, 0.3) is 11.2 Å². The quantitative estimate of drug-likeness (QED) is 0.454. The molecule has 0 atom stereocenters. The van der Waals surface area contributed by atoms with Gasteiger partial charge in [0.25, 0.3) is 0 Å². The number of imidazole rings is 1. The monoisotopic (exact) mass is 338 g/mol. The number of halogens is 1. The fraction of sp³-hybridized carbons (Fsp3) is 0.562. The Kier molecular flexibility index (Phi) is 6.21. The molecule has 2 rings (SSSR count). The third kappa shape index (κ3) is 4.34. The van der Waals surface area contributed by atoms with E-state index < -0.39 is 0 Å². The molecule has 23 heavy (non-hydrogen) atoms. The molecule has 6 nitrogen and oxygen atoms in total. The third-order valence-electron chi connectivity index (χ3n) is 3.43. The number of unbranched alkanes of at least 4 members (excludes halogenated alkanes) is 2. The van der Waals surface area contributed by atoms with Crippen LogP contribution in [0.2, 0.25) is 5.02 Å². The van der Waals surface area contributed by atoms with Crippen molar-refractivity contribution < 1.29 is 4.84 Å². The lowest BCUT2D eigenvalue weighted by Crippen LogP contribution is -2.17. The van der Waals surface area contributed by atoms with Gasteiger partial charge in [0.15, 0.2) is 5.65 Å². The second-order valence-electron chi connectivity index (χ2n) is 5.93. The smallest absolute Gasteiger partial charge is 0.327 e. The molecule has 2 aromatic rings. The Labute approximate surface area is 140 Å². The summed E-state index contributed by atoms with van der Waals surface area (Å²) in [7, 11) is 0. The van der Waals surface area contributed by atoms with Gasteiger partial charge >= 0.3 is 5.69 Å². The summed E-state index contributed by atoms with van der Waals surface area (Å²) >= 11 is 6.25. The average molecular weight is 339 g/mol. The Morgan fingerprint density at radius 3 is 2.96 bits per heavy atom. The number of nitrogens with one attached hydrogen (secondary N) is 1. The number of pyridine rings is 1. The van der Waals surface area contributed by atoms with Crippen molar-refractivity contribution in [3.05, 3.63) is 27.3 Å². The van der Waals surface area contributed by atoms with E-state index in [-0.39, 0.29) is 5.69 Å². The minimum absolute atomic E-state index is 0.177. The van der Waals surface area contributed by atoms with E-state index in [1.54, 1.807) is 10.8 Å². The molecule has 0 unspecified atom stereocenters. The molecule has 7 heteroatoms. The van der Waals surface area contributed by atoms with E-state index >= 15 is 0 Å². The van der Waals surface area contributed by atoms with Gasteiger partial charge in [0.05, 0.1) is 16.8 Å². The Hall–Kier alpha value is -1.82. The number of hydrogen-bond acceptors (Lipinski definition) is 4. The van der Waals surface area contributed by atoms with Crippen molar-refractivity contribution in [3.63, 3.8) is 0 Å². The van der Waals surface area contributed by atoms with Gasteiger partial charge < -0.3 is 4.84 Å². The number of aryl methyl sites for hydroxylation is 1. The van der Waals surface area contributed by atoms with Crippen molar-refractivity contribution in [2.45, 2.75) is 46.6 Å². The van der Waals surface area contributed by atoms with E-state index in [4.69, 9.17) is 16.4 Å². The average Bonchev–Trinajstić information content (AvgIpc) is 2.82. The molecule has 0 amide bonds. The summed E-state index contributed by atoms with van der Waals surface area (Å²) in [6, 6.07) is 0. The van der Waals surface area contributed by atoms with Crippen LogP contribution in [-0.4, -0.2) is 27.4 Å². The van der Waals surface area contributed by atoms with E-state index in [1.165, 1.54) is 6.20 Å². The number of aromatic nitrogens is 3. The van der Waals surface area contributed by atoms with E-state index in [9.17, 15) is 4.79 Å². The maximum Gasteiger partial charge on any atom is 0.327 e. The number of rotatable bonds is 8. The molecule has 126 valence electrons. The molecule has 1 N–H and O–H groups in total. The van der Waals surface area contributed by atoms with Crippen LogP contribution >= 0.6 is 11.6 Å². The molecular weight excluding hydrogens is 316 g/mol. The second kappa shape index (κ2) is 8.15. The number of aromatic amines is 1. The van der Waals surface area contributed by atoms with Gasteiger partial charge in [0.1, 0.15) is 6.61 Å². The lowest BCUT2D eigenvalue weighted by Gasteiger charge is -2.06. The van der Waals surface area contributed by atoms with Crippen molar-refractivity contribution >= 4 is 29.0 Å². The standard InChI is InChI=1S/C16H23ClN4O2/c1-4-5-6-7-21-14-12(8-19-23-10-11(2)3)13(17)9-18-15(14)20-16(21)22/h8-9,11H,4-7,10H2,1-3H3,(H,18,20,22)/b19-8+. The summed E-state index contributed by atoms with van der Waals surface area (Å²) in [5.74, 6) is 0.388. The van der Waals surface area contributed by atoms with Crippen LogP contribution in [-0.2, 0) is 11.4 Å². The molecule has 0 aliphatic heterocycles. The fourth-order valence-electron chi connectivity index (χ4n) is 2.27. The highest BCUT2D eigenvalue weighted by Crippen LogP contribution is 2.21. The molecule has 0 saturated heterocycles. The first-order valence-corrected chi connectivity index (χ1v) is 8.34. The number of oxime groups is 1. The zero-order valence-corrected chi connectivity index (χ0v) is 14.6. The summed E-state index contributed by atoms with van der Waals surface area (Å²) in [6.45, 7) is 7.37. The molecule has 0 spiro atoms. The highest BCUT2D eigenvalue weighted by Gasteiger charge is 2.14. The predicted molar refractivity (Wildman–Crippen MR) is 93.3 cm³/mol. The maximum atomic E-state index is 12.2. The lowest BCUT2D eigenvalue weighted by atomic mass is 10.2. The third-order valence-corrected chi connectivity index (χ3v) is 3.73. The first-order valence-electron chi connectivity index (χ1n) is 7.97. The van der Waals surface area contributed by atoms with Crippen LogP contribution in [0.15, 0.2) is 16.1 Å². The van der Waals surface area contributed by atoms with Gasteiger partial charge in [-0.1, -0.05) is 50.4 Å². The van der Waals surface area contributed by atoms with E-state index in [1.807, 2.05) is 13.8 Å². The fourth-order valence-corrected chi connectivity index (χ4v) is 2.45. The Bertz CT molecular complexity index is 733. The van der Waals surface area contributed by atoms with Crippen molar-refractivity contribution in [3.8, 4) is 0 Å². The summed E-state index contributed by atoms with van der Waals surface area (Å²) in [6.07, 6.45) is 6.15. The van der Waals surface area contributed by atoms with Gasteiger partial charge in [0.2, 0.25) is 0 Å². The minimum Gasteiger partial charge on any atom is -0.396 e. The van der Waals surface area contributed by atoms with Crippen LogP contribution in [0, 0.1) is 5.92 Å². The molecular formula is C16H23ClN4O2. The molecule has 0 bridgehead atoms. The minimum atomic E-state index is -0.177. The summed E-state index contributed by atoms with van der Waals surface area (Å²) in [5, 5.41) is 4.42. The van der Waals surface area contributed by atoms with Crippen LogP contribution in [0.5, 0.6) is 0 Å². The van der Waals surface area contributed by atoms with Gasteiger partial charge in [-0.2, -0.15) is 0 Å². The number of nitrogens with zero attached hydrogens (tertiary/aromatic N) is 3. The zero-order valence-electron chi connectivity index (χ0n) is 13.8. The molecule has 0 aliphatic carbocycles. The van der Waals surface area contributed by atoms with Crippen molar-refractivity contribution in [1.82, 2.24) is 14.5 Å². The lowest BCUT2D eigenvalue weighted by molar-refractivity contribution is 0.120. The predicted octanol–water partition coefficient (Wildman–Crippen LogP) is 3.57. The Morgan fingerprint density at radius 1 is 1.48 bits per heavy atom. The number of hydrogen-bond donors (Lipinski definition) is 1. The maximum absolute atomic E-state index is 12.2. The Morgan fingerprint density at radius 2 is 2.26 bits per heavy atom. The van der Waals surface area contributed by atoms with E-state index in [0.717, 1.165) is 19.3 Å². The first kappa shape index (κ1) is 17.5. The van der Waals surface area contributed by atoms with Crippen LogP contribution < -0.4 is 5.69 Å². The molecule has 0 fully saturated rings. The van der Waals surface area contributed by atoms with E-state index in [2.05, 4.69) is 22.0 Å². The van der Waals surface area contributed by atoms with Crippen LogP contribution in [0.3, 0.4) is 0 Å². The molecule has 2 heterocycles. The second-order valence-corrected chi connectivity index (χ2v) is 6.34. The topological polar surface area (TPSA) is 72.3 Å². The van der Waals surface area contributed by atoms with Crippen molar-refractivity contribution in [2.75, 3.05) is 6.61 Å². The van der Waals surface area contributed by atoms with Crippen molar-refractivity contribution in [1.29, 1.82) is 0 Å². The number of H-pyrrole nitrogens is 1. The first-order chi connectivity index (χ1) is 11.0. The molecule has 2 aromatic heterocycles. The van der Waals surface area contributed by atoms with Crippen LogP contribution in [0.4, 0.5) is 0 Å². The number of fused-ring (bicyclic) bond motifs is 1. The highest BCUT2D eigenvalue weighted by atomic mass is 35.5. The van der Waals surface area contributed by atoms with Gasteiger partial charge in [-0.3, -0.25) is 9.55 Å². The summed E-state index contributed by atoms with van der Waals surface area (Å²) in [4.78, 5) is 24.4.